The number of hydrogen-bond acceptors (Lipinski definition) is 2. The zero-order valence-electron chi connectivity index (χ0n) is 9.94. The number of rotatable bonds is 1. The van der Waals surface area contributed by atoms with E-state index in [1.165, 1.54) is 0 Å². The third-order valence-corrected chi connectivity index (χ3v) is 3.57. The first-order chi connectivity index (χ1) is 8.13. The van der Waals surface area contributed by atoms with Crippen LogP contribution in [-0.2, 0) is 32.7 Å². The molecule has 1 aliphatic heterocycles. The van der Waals surface area contributed by atoms with Gasteiger partial charge in [-0.1, -0.05) is 33.6 Å². The smallest absolute Gasteiger partial charge is 0.0990 e. The van der Waals surface area contributed by atoms with Crippen molar-refractivity contribution in [2.75, 3.05) is 7.05 Å². The molecule has 0 aromatic heterocycles. The van der Waals surface area contributed by atoms with Crippen LogP contribution in [0.1, 0.15) is 11.1 Å². The Hall–Kier alpha value is -0.436. The molecule has 0 unspecified atom stereocenters. The number of allylic oxidation sites excluding steroid dienone is 3. The van der Waals surface area contributed by atoms with E-state index < -0.39 is 0 Å². The summed E-state index contributed by atoms with van der Waals surface area (Å²) in [5.41, 5.74) is 3.63. The van der Waals surface area contributed by atoms with Crippen molar-refractivity contribution in [2.24, 2.45) is 0 Å². The third-order valence-electron chi connectivity index (χ3n) is 2.64. The van der Waals surface area contributed by atoms with Gasteiger partial charge in [-0.25, -0.2) is 0 Å². The largest absolute Gasteiger partial charge is 0.378 e. The van der Waals surface area contributed by atoms with Gasteiger partial charge in [0.05, 0.1) is 6.07 Å². The zero-order valence-corrected chi connectivity index (χ0v) is 14.9. The Balaban J connectivity index is 0.00000162. The first-order valence-electron chi connectivity index (χ1n) is 5.06. The van der Waals surface area contributed by atoms with Gasteiger partial charge in [0.15, 0.2) is 0 Å². The van der Waals surface area contributed by atoms with E-state index in [1.54, 1.807) is 0 Å². The fourth-order valence-corrected chi connectivity index (χ4v) is 2.10. The van der Waals surface area contributed by atoms with Crippen LogP contribution in [0.3, 0.4) is 0 Å². The quantitative estimate of drug-likeness (QED) is 0.512. The van der Waals surface area contributed by atoms with Crippen LogP contribution < -0.4 is 0 Å². The summed E-state index contributed by atoms with van der Waals surface area (Å²) in [6, 6.07) is 9.58. The van der Waals surface area contributed by atoms with Gasteiger partial charge >= 0.3 is 0 Å². The molecule has 2 rings (SSSR count). The molecule has 0 saturated heterocycles. The second kappa shape index (κ2) is 6.65. The molecular formula is C14H10IN2Y-. The van der Waals surface area contributed by atoms with Crippen LogP contribution in [0.4, 0.5) is 0 Å². The number of benzene rings is 1. The van der Waals surface area contributed by atoms with Crippen molar-refractivity contribution in [2.45, 2.75) is 0 Å². The summed E-state index contributed by atoms with van der Waals surface area (Å²) < 4.78 is 1.09. The maximum absolute atomic E-state index is 8.76. The Labute approximate surface area is 146 Å². The van der Waals surface area contributed by atoms with Crippen molar-refractivity contribution >= 4 is 28.3 Å². The van der Waals surface area contributed by atoms with E-state index in [1.807, 2.05) is 42.3 Å². The fraction of sp³-hybridized carbons (Fsp3) is 0.0714. The van der Waals surface area contributed by atoms with E-state index in [-0.39, 0.29) is 32.7 Å². The van der Waals surface area contributed by atoms with E-state index in [4.69, 9.17) is 5.26 Å². The van der Waals surface area contributed by atoms with Crippen LogP contribution in [-0.4, -0.2) is 11.9 Å². The van der Waals surface area contributed by atoms with Crippen LogP contribution in [0.2, 0.25) is 0 Å². The molecule has 0 aliphatic carbocycles. The van der Waals surface area contributed by atoms with E-state index >= 15 is 0 Å². The molecule has 1 aromatic rings. The number of likely N-dealkylation sites (N-methyl/N-ethyl adjacent to an activating group) is 1. The van der Waals surface area contributed by atoms with Crippen LogP contribution in [0.5, 0.6) is 0 Å². The maximum Gasteiger partial charge on any atom is 0.0990 e. The Morgan fingerprint density at radius 2 is 1.94 bits per heavy atom. The molecule has 1 radical (unpaired) electrons. The molecule has 87 valence electrons. The van der Waals surface area contributed by atoms with Crippen molar-refractivity contribution in [3.8, 4) is 6.07 Å². The predicted octanol–water partition coefficient (Wildman–Crippen LogP) is 3.48. The molecule has 0 bridgehead atoms. The monoisotopic (exact) mass is 422 g/mol. The SMILES string of the molecule is C=C1C(I)=C[C-]=C(c2ccc(C#N)cc2)N1C.[Y]. The molecule has 0 saturated carbocycles. The number of halogens is 1. The Morgan fingerprint density at radius 3 is 2.50 bits per heavy atom. The Bertz CT molecular complexity index is 564. The summed E-state index contributed by atoms with van der Waals surface area (Å²) in [5, 5.41) is 8.76. The van der Waals surface area contributed by atoms with Gasteiger partial charge in [0, 0.05) is 45.3 Å². The Kier molecular flexibility index (Phi) is 5.77. The Morgan fingerprint density at radius 1 is 1.33 bits per heavy atom. The van der Waals surface area contributed by atoms with E-state index in [2.05, 4.69) is 41.3 Å². The maximum atomic E-state index is 8.76. The minimum atomic E-state index is 0. The molecule has 18 heavy (non-hydrogen) atoms. The molecule has 1 aromatic carbocycles. The average Bonchev–Trinajstić information content (AvgIpc) is 2.36. The van der Waals surface area contributed by atoms with Crippen LogP contribution in [0.25, 0.3) is 5.70 Å². The molecule has 0 N–H and O–H groups in total. The molecule has 1 aliphatic rings. The topological polar surface area (TPSA) is 27.0 Å². The van der Waals surface area contributed by atoms with Crippen LogP contribution >= 0.6 is 22.6 Å². The van der Waals surface area contributed by atoms with Gasteiger partial charge in [-0.3, -0.25) is 0 Å². The second-order valence-corrected chi connectivity index (χ2v) is 4.84. The molecule has 0 fully saturated rings. The number of hydrogen-bond donors (Lipinski definition) is 0. The van der Waals surface area contributed by atoms with Gasteiger partial charge in [-0.15, -0.1) is 34.7 Å². The van der Waals surface area contributed by atoms with Crippen molar-refractivity contribution in [3.05, 3.63) is 63.4 Å². The summed E-state index contributed by atoms with van der Waals surface area (Å²) in [6.07, 6.45) is 5.16. The van der Waals surface area contributed by atoms with Gasteiger partial charge in [0.25, 0.3) is 0 Å². The number of nitriles is 1. The summed E-state index contributed by atoms with van der Waals surface area (Å²) in [6.45, 7) is 4.02. The van der Waals surface area contributed by atoms with Gasteiger partial charge in [-0.05, 0) is 5.70 Å². The summed E-state index contributed by atoms with van der Waals surface area (Å²) in [5.74, 6) is 0. The fourth-order valence-electron chi connectivity index (χ4n) is 1.59. The van der Waals surface area contributed by atoms with Crippen molar-refractivity contribution in [3.63, 3.8) is 0 Å². The van der Waals surface area contributed by atoms with E-state index in [0.717, 1.165) is 20.5 Å². The molecular weight excluding hydrogens is 412 g/mol. The minimum absolute atomic E-state index is 0. The zero-order chi connectivity index (χ0) is 12.4. The molecule has 2 nitrogen and oxygen atoms in total. The van der Waals surface area contributed by atoms with Crippen molar-refractivity contribution in [1.29, 1.82) is 5.26 Å². The third kappa shape index (κ3) is 3.11. The van der Waals surface area contributed by atoms with E-state index in [9.17, 15) is 0 Å². The second-order valence-electron chi connectivity index (χ2n) is 3.68. The molecule has 0 amide bonds. The molecule has 1 heterocycles. The normalized spacial score (nSPS) is 14.3. The summed E-state index contributed by atoms with van der Waals surface area (Å²) in [7, 11) is 1.97. The molecule has 4 heteroatoms. The molecule has 0 spiro atoms. The van der Waals surface area contributed by atoms with Gasteiger partial charge in [-0.2, -0.15) is 17.4 Å². The van der Waals surface area contributed by atoms with Gasteiger partial charge < -0.3 is 4.90 Å². The standard InChI is InChI=1S/C14H10IN2.Y/c1-10-13(15)7-8-14(17(10)2)12-5-3-11(9-16)4-6-12;/h3-7H,1H2,2H3;/q-1;. The predicted molar refractivity (Wildman–Crippen MR) is 76.8 cm³/mol. The first kappa shape index (κ1) is 15.6. The van der Waals surface area contributed by atoms with Crippen molar-refractivity contribution < 1.29 is 32.7 Å². The first-order valence-corrected chi connectivity index (χ1v) is 6.14. The molecule has 0 atom stereocenters. The van der Waals surface area contributed by atoms with Crippen molar-refractivity contribution in [1.82, 2.24) is 4.90 Å². The van der Waals surface area contributed by atoms with Crippen LogP contribution in [0.15, 0.2) is 46.2 Å². The number of nitrogens with zero attached hydrogens (tertiary/aromatic N) is 2. The summed E-state index contributed by atoms with van der Waals surface area (Å²) >= 11 is 2.24. The minimum Gasteiger partial charge on any atom is -0.378 e. The van der Waals surface area contributed by atoms with Gasteiger partial charge in [0.1, 0.15) is 0 Å². The summed E-state index contributed by atoms with van der Waals surface area (Å²) in [4.78, 5) is 2.00. The van der Waals surface area contributed by atoms with E-state index in [0.29, 0.717) is 5.56 Å². The van der Waals surface area contributed by atoms with Gasteiger partial charge in [0.2, 0.25) is 0 Å². The average molecular weight is 422 g/mol. The van der Waals surface area contributed by atoms with Crippen LogP contribution in [0, 0.1) is 17.4 Å².